The molecule has 0 saturated heterocycles. The summed E-state index contributed by atoms with van der Waals surface area (Å²) in [6.07, 6.45) is 9.40. The Bertz CT molecular complexity index is 421. The maximum atomic E-state index is 5.57. The molecule has 4 nitrogen and oxygen atoms in total. The molecule has 120 valence electrons. The van der Waals surface area contributed by atoms with E-state index in [4.69, 9.17) is 9.84 Å². The van der Waals surface area contributed by atoms with Gasteiger partial charge in [-0.2, -0.15) is 5.10 Å². The lowest BCUT2D eigenvalue weighted by Crippen LogP contribution is -2.39. The van der Waals surface area contributed by atoms with E-state index in [0.29, 0.717) is 12.1 Å². The van der Waals surface area contributed by atoms with Crippen LogP contribution in [0.3, 0.4) is 0 Å². The average molecular weight is 293 g/mol. The van der Waals surface area contributed by atoms with Crippen LogP contribution in [0.15, 0.2) is 12.3 Å². The second kappa shape index (κ2) is 7.41. The van der Waals surface area contributed by atoms with Gasteiger partial charge in [-0.25, -0.2) is 0 Å². The third kappa shape index (κ3) is 4.82. The molecule has 0 aliphatic heterocycles. The molecule has 1 fully saturated rings. The molecule has 0 amide bonds. The van der Waals surface area contributed by atoms with Gasteiger partial charge in [0, 0.05) is 25.8 Å². The molecule has 4 heteroatoms. The quantitative estimate of drug-likeness (QED) is 0.799. The molecular formula is C17H31N3O. The Morgan fingerprint density at radius 3 is 2.76 bits per heavy atom. The maximum absolute atomic E-state index is 5.57. The molecule has 1 heterocycles. The van der Waals surface area contributed by atoms with E-state index in [1.165, 1.54) is 31.4 Å². The Labute approximate surface area is 129 Å². The van der Waals surface area contributed by atoms with Gasteiger partial charge in [0.15, 0.2) is 0 Å². The monoisotopic (exact) mass is 293 g/mol. The van der Waals surface area contributed by atoms with Crippen molar-refractivity contribution in [2.75, 3.05) is 13.7 Å². The molecule has 1 aliphatic carbocycles. The zero-order valence-electron chi connectivity index (χ0n) is 14.1. The normalized spacial score (nSPS) is 18.3. The van der Waals surface area contributed by atoms with E-state index < -0.39 is 0 Å². The summed E-state index contributed by atoms with van der Waals surface area (Å²) in [4.78, 5) is 0. The lowest BCUT2D eigenvalue weighted by atomic mass is 9.95. The molecular weight excluding hydrogens is 262 g/mol. The highest BCUT2D eigenvalue weighted by Gasteiger charge is 2.24. The third-order valence-electron chi connectivity index (χ3n) is 4.60. The van der Waals surface area contributed by atoms with Crippen molar-refractivity contribution in [3.8, 4) is 0 Å². The summed E-state index contributed by atoms with van der Waals surface area (Å²) in [6.45, 7) is 7.43. The fraction of sp³-hybridized carbons (Fsp3) is 0.824. The highest BCUT2D eigenvalue weighted by atomic mass is 16.5. The molecule has 0 spiro atoms. The van der Waals surface area contributed by atoms with Crippen LogP contribution in [-0.4, -0.2) is 35.1 Å². The molecule has 1 unspecified atom stereocenters. The minimum atomic E-state index is -0.0964. The first-order valence-corrected chi connectivity index (χ1v) is 8.36. The zero-order chi connectivity index (χ0) is 15.3. The van der Waals surface area contributed by atoms with E-state index in [2.05, 4.69) is 43.0 Å². The van der Waals surface area contributed by atoms with Crippen molar-refractivity contribution in [1.82, 2.24) is 15.1 Å². The molecule has 1 aromatic rings. The van der Waals surface area contributed by atoms with E-state index in [-0.39, 0.29) is 5.60 Å². The predicted octanol–water partition coefficient (Wildman–Crippen LogP) is 3.33. The fourth-order valence-electron chi connectivity index (χ4n) is 3.29. The van der Waals surface area contributed by atoms with Crippen LogP contribution < -0.4 is 5.32 Å². The molecule has 2 rings (SSSR count). The first-order chi connectivity index (χ1) is 10.0. The molecule has 1 saturated carbocycles. The van der Waals surface area contributed by atoms with Gasteiger partial charge in [0.25, 0.3) is 0 Å². The topological polar surface area (TPSA) is 39.1 Å². The molecule has 0 bridgehead atoms. The Hall–Kier alpha value is -0.870. The first kappa shape index (κ1) is 16.5. The third-order valence-corrected chi connectivity index (χ3v) is 4.60. The summed E-state index contributed by atoms with van der Waals surface area (Å²) in [5, 5.41) is 8.38. The van der Waals surface area contributed by atoms with Crippen molar-refractivity contribution in [2.45, 2.75) is 77.0 Å². The summed E-state index contributed by atoms with van der Waals surface area (Å²) < 4.78 is 7.76. The van der Waals surface area contributed by atoms with Gasteiger partial charge in [-0.3, -0.25) is 4.68 Å². The van der Waals surface area contributed by atoms with Gasteiger partial charge in [-0.1, -0.05) is 19.8 Å². The van der Waals surface area contributed by atoms with Crippen LogP contribution in [0, 0.1) is 0 Å². The Morgan fingerprint density at radius 1 is 1.43 bits per heavy atom. The van der Waals surface area contributed by atoms with Crippen molar-refractivity contribution >= 4 is 0 Å². The minimum absolute atomic E-state index is 0.0964. The number of aromatic nitrogens is 2. The van der Waals surface area contributed by atoms with Crippen molar-refractivity contribution in [3.63, 3.8) is 0 Å². The van der Waals surface area contributed by atoms with Crippen molar-refractivity contribution in [3.05, 3.63) is 18.0 Å². The number of nitrogens with zero attached hydrogens (tertiary/aromatic N) is 2. The summed E-state index contributed by atoms with van der Waals surface area (Å²) in [5.74, 6) is 0. The van der Waals surface area contributed by atoms with Crippen molar-refractivity contribution < 1.29 is 4.74 Å². The fourth-order valence-corrected chi connectivity index (χ4v) is 3.29. The van der Waals surface area contributed by atoms with Crippen LogP contribution in [0.25, 0.3) is 0 Å². The van der Waals surface area contributed by atoms with Gasteiger partial charge in [-0.05, 0) is 45.7 Å². The van der Waals surface area contributed by atoms with Gasteiger partial charge >= 0.3 is 0 Å². The van der Waals surface area contributed by atoms with Gasteiger partial charge in [0.2, 0.25) is 0 Å². The minimum Gasteiger partial charge on any atom is -0.379 e. The molecule has 1 aromatic heterocycles. The second-order valence-electron chi connectivity index (χ2n) is 6.85. The number of ether oxygens (including phenoxy) is 1. The summed E-state index contributed by atoms with van der Waals surface area (Å²) in [7, 11) is 1.79. The van der Waals surface area contributed by atoms with Crippen LogP contribution in [0.1, 0.15) is 64.6 Å². The van der Waals surface area contributed by atoms with Crippen LogP contribution in [-0.2, 0) is 11.2 Å². The predicted molar refractivity (Wildman–Crippen MR) is 86.6 cm³/mol. The van der Waals surface area contributed by atoms with Gasteiger partial charge in [-0.15, -0.1) is 0 Å². The molecule has 1 aliphatic rings. The molecule has 1 N–H and O–H groups in total. The summed E-state index contributed by atoms with van der Waals surface area (Å²) in [6, 6.07) is 3.23. The van der Waals surface area contributed by atoms with Gasteiger partial charge in [0.05, 0.1) is 17.3 Å². The number of hydrogen-bond acceptors (Lipinski definition) is 3. The standard InChI is InChI=1S/C17H31N3O/c1-5-18-15(13-17(2,3)21-4)12-14-10-11-20(19-14)16-8-6-7-9-16/h10-11,15-16,18H,5-9,12-13H2,1-4H3. The molecule has 21 heavy (non-hydrogen) atoms. The summed E-state index contributed by atoms with van der Waals surface area (Å²) >= 11 is 0. The van der Waals surface area contributed by atoms with Crippen LogP contribution in [0.4, 0.5) is 0 Å². The Morgan fingerprint density at radius 2 is 2.14 bits per heavy atom. The lowest BCUT2D eigenvalue weighted by molar-refractivity contribution is 0.00718. The lowest BCUT2D eigenvalue weighted by Gasteiger charge is -2.28. The largest absolute Gasteiger partial charge is 0.379 e. The SMILES string of the molecule is CCNC(Cc1ccn(C2CCCC2)n1)CC(C)(C)OC. The van der Waals surface area contributed by atoms with Crippen LogP contribution in [0.2, 0.25) is 0 Å². The van der Waals surface area contributed by atoms with Crippen LogP contribution >= 0.6 is 0 Å². The molecule has 1 atom stereocenters. The number of nitrogens with one attached hydrogen (secondary N) is 1. The number of methoxy groups -OCH3 is 1. The maximum Gasteiger partial charge on any atom is 0.0640 e. The van der Waals surface area contributed by atoms with E-state index >= 15 is 0 Å². The molecule has 0 radical (unpaired) electrons. The number of likely N-dealkylation sites (N-methyl/N-ethyl adjacent to an activating group) is 1. The number of hydrogen-bond donors (Lipinski definition) is 1. The highest BCUT2D eigenvalue weighted by molar-refractivity contribution is 5.03. The average Bonchev–Trinajstić information content (AvgIpc) is 3.08. The van der Waals surface area contributed by atoms with Crippen molar-refractivity contribution in [2.24, 2.45) is 0 Å². The van der Waals surface area contributed by atoms with E-state index in [9.17, 15) is 0 Å². The van der Waals surface area contributed by atoms with Crippen LogP contribution in [0.5, 0.6) is 0 Å². The van der Waals surface area contributed by atoms with E-state index in [1.54, 1.807) is 7.11 Å². The molecule has 0 aromatic carbocycles. The zero-order valence-corrected chi connectivity index (χ0v) is 14.1. The smallest absolute Gasteiger partial charge is 0.0640 e. The van der Waals surface area contributed by atoms with Gasteiger partial charge in [0.1, 0.15) is 0 Å². The van der Waals surface area contributed by atoms with E-state index in [0.717, 1.165) is 19.4 Å². The van der Waals surface area contributed by atoms with Gasteiger partial charge < -0.3 is 10.1 Å². The Balaban J connectivity index is 1.96. The number of rotatable bonds is 8. The van der Waals surface area contributed by atoms with E-state index in [1.807, 2.05) is 0 Å². The Kier molecular flexibility index (Phi) is 5.82. The first-order valence-electron chi connectivity index (χ1n) is 8.36. The second-order valence-corrected chi connectivity index (χ2v) is 6.85. The summed E-state index contributed by atoms with van der Waals surface area (Å²) in [5.41, 5.74) is 1.10. The van der Waals surface area contributed by atoms with Crippen molar-refractivity contribution in [1.29, 1.82) is 0 Å². The highest BCUT2D eigenvalue weighted by Crippen LogP contribution is 2.29.